The molecule has 0 bridgehead atoms. The number of likely N-dealkylation sites (tertiary alicyclic amines) is 1. The summed E-state index contributed by atoms with van der Waals surface area (Å²) in [6.07, 6.45) is 7.64. The van der Waals surface area contributed by atoms with Crippen molar-refractivity contribution in [1.82, 2.24) is 30.8 Å². The first-order valence-electron chi connectivity index (χ1n) is 26.3. The molecule has 0 radical (unpaired) electrons. The number of aliphatic hydroxyl groups excluding tert-OH is 1. The Hall–Kier alpha value is -6.37. The van der Waals surface area contributed by atoms with E-state index in [-0.39, 0.29) is 61.4 Å². The lowest BCUT2D eigenvalue weighted by molar-refractivity contribution is -0.144. The zero-order chi connectivity index (χ0) is 52.2. The minimum atomic E-state index is -0.871. The summed E-state index contributed by atoms with van der Waals surface area (Å²) < 4.78 is 0. The van der Waals surface area contributed by atoms with Crippen molar-refractivity contribution in [2.45, 2.75) is 162 Å². The van der Waals surface area contributed by atoms with Gasteiger partial charge in [0.1, 0.15) is 12.1 Å². The number of carbonyl (C=O) groups is 5. The van der Waals surface area contributed by atoms with Gasteiger partial charge in [-0.25, -0.2) is 4.98 Å². The third-order valence-corrected chi connectivity index (χ3v) is 16.2. The molecule has 2 saturated heterocycles. The third-order valence-electron chi connectivity index (χ3n) is 15.3. The summed E-state index contributed by atoms with van der Waals surface area (Å²) in [6, 6.07) is 18.3. The minimum Gasteiger partial charge on any atom is -0.391 e. The van der Waals surface area contributed by atoms with Gasteiger partial charge < -0.3 is 35.8 Å². The van der Waals surface area contributed by atoms with Crippen molar-refractivity contribution in [3.63, 3.8) is 0 Å². The van der Waals surface area contributed by atoms with Gasteiger partial charge in [0, 0.05) is 84.7 Å². The van der Waals surface area contributed by atoms with Crippen molar-refractivity contribution in [3.05, 3.63) is 105 Å². The Morgan fingerprint density at radius 1 is 0.959 bits per heavy atom. The molecule has 3 aromatic carbocycles. The summed E-state index contributed by atoms with van der Waals surface area (Å²) >= 11 is 1.58. The number of aromatic nitrogens is 2. The lowest BCUT2D eigenvalue weighted by atomic mass is 9.70. The second-order valence-electron chi connectivity index (χ2n) is 22.0. The summed E-state index contributed by atoms with van der Waals surface area (Å²) in [7, 11) is 0. The molecule has 73 heavy (non-hydrogen) atoms. The smallest absolute Gasteiger partial charge is 0.246 e. The zero-order valence-electron chi connectivity index (χ0n) is 43.6. The van der Waals surface area contributed by atoms with E-state index in [0.29, 0.717) is 24.0 Å². The van der Waals surface area contributed by atoms with Crippen LogP contribution < -0.4 is 20.9 Å². The number of amides is 4. The van der Waals surface area contributed by atoms with E-state index in [1.165, 1.54) is 4.90 Å². The van der Waals surface area contributed by atoms with Gasteiger partial charge in [-0.15, -0.1) is 11.3 Å². The molecule has 3 atom stereocenters. The standard InChI is InChI=1S/C58H72N8O6S/c1-8-38-28-43-44(58(6,7)53-50(51(43)70)42-22-19-37(31-59)27-45(42)63-53)30-46(38)65-25-23-40(24-26-65)62-48(68)15-13-11-9-10-12-14-16-49(69)64-54(57(3,4)5)56(72)66-33-41(67)29-47(66)55(71)60-32-36-17-20-39(21-18-36)52-35(2)61-34-73-52/h17-22,27-28,30,34,40-41,47,54,63,67H,8-16,23-26,29,32-33H2,1-7H3,(H,60,71)(H,62,68)(H,64,69)/t41-,47+,54-/m1/s1. The van der Waals surface area contributed by atoms with E-state index >= 15 is 0 Å². The van der Waals surface area contributed by atoms with Crippen molar-refractivity contribution < 1.29 is 29.1 Å². The topological polar surface area (TPSA) is 201 Å². The molecular formula is C58H72N8O6S. The summed E-state index contributed by atoms with van der Waals surface area (Å²) in [4.78, 5) is 80.7. The molecule has 14 nitrogen and oxygen atoms in total. The van der Waals surface area contributed by atoms with Crippen LogP contribution in [0.4, 0.5) is 5.69 Å². The average molecular weight is 1010 g/mol. The summed E-state index contributed by atoms with van der Waals surface area (Å²) in [5, 5.41) is 30.2. The van der Waals surface area contributed by atoms with Gasteiger partial charge in [0.2, 0.25) is 23.6 Å². The number of unbranched alkanes of at least 4 members (excludes halogenated alkanes) is 5. The lowest BCUT2D eigenvalue weighted by Gasteiger charge is -2.38. The average Bonchev–Trinajstić information content (AvgIpc) is 4.11. The molecule has 8 rings (SSSR count). The van der Waals surface area contributed by atoms with Crippen LogP contribution in [0.2, 0.25) is 0 Å². The Morgan fingerprint density at radius 3 is 2.29 bits per heavy atom. The number of H-pyrrole nitrogens is 1. The van der Waals surface area contributed by atoms with Gasteiger partial charge in [-0.05, 0) is 91.0 Å². The van der Waals surface area contributed by atoms with Crippen LogP contribution in [0.5, 0.6) is 0 Å². The number of hydrogen-bond donors (Lipinski definition) is 5. The number of aryl methyl sites for hydroxylation is 2. The quantitative estimate of drug-likeness (QED) is 0.0532. The molecule has 2 aliphatic heterocycles. The molecule has 0 saturated carbocycles. The number of hydrogen-bond acceptors (Lipinski definition) is 10. The fourth-order valence-electron chi connectivity index (χ4n) is 11.0. The van der Waals surface area contributed by atoms with E-state index in [1.807, 2.05) is 69.6 Å². The number of carbonyl (C=O) groups excluding carboxylic acids is 5. The fourth-order valence-corrected chi connectivity index (χ4v) is 11.8. The largest absolute Gasteiger partial charge is 0.391 e. The van der Waals surface area contributed by atoms with Crippen LogP contribution in [0.3, 0.4) is 0 Å². The number of nitriles is 1. The maximum absolute atomic E-state index is 14.1. The number of ketones is 1. The number of fused-ring (bicyclic) bond motifs is 4. The minimum absolute atomic E-state index is 0.0154. The van der Waals surface area contributed by atoms with Crippen molar-refractivity contribution in [1.29, 1.82) is 5.26 Å². The van der Waals surface area contributed by atoms with Gasteiger partial charge in [0.25, 0.3) is 0 Å². The molecule has 2 aromatic heterocycles. The highest BCUT2D eigenvalue weighted by atomic mass is 32.1. The molecule has 4 amide bonds. The number of β-amino-alcohol motifs (C(OH)–C–C–N with tert-alkyl or cyclic N) is 1. The molecule has 0 spiro atoms. The monoisotopic (exact) mass is 1010 g/mol. The van der Waals surface area contributed by atoms with Crippen molar-refractivity contribution in [2.75, 3.05) is 24.5 Å². The number of nitrogens with one attached hydrogen (secondary N) is 4. The zero-order valence-corrected chi connectivity index (χ0v) is 44.4. The molecule has 1 aliphatic carbocycles. The van der Waals surface area contributed by atoms with E-state index in [4.69, 9.17) is 0 Å². The molecule has 0 unspecified atom stereocenters. The second kappa shape index (κ2) is 22.4. The third kappa shape index (κ3) is 11.7. The highest BCUT2D eigenvalue weighted by Crippen LogP contribution is 2.46. The molecular weight excluding hydrogens is 937 g/mol. The van der Waals surface area contributed by atoms with Gasteiger partial charge in [0.15, 0.2) is 5.78 Å². The number of rotatable bonds is 18. The summed E-state index contributed by atoms with van der Waals surface area (Å²) in [5.41, 5.74) is 10.6. The van der Waals surface area contributed by atoms with Crippen LogP contribution in [-0.2, 0) is 37.6 Å². The number of anilines is 1. The molecule has 4 heterocycles. The van der Waals surface area contributed by atoms with Crippen molar-refractivity contribution >= 4 is 57.3 Å². The van der Waals surface area contributed by atoms with E-state index in [1.54, 1.807) is 17.4 Å². The molecule has 2 fully saturated rings. The Morgan fingerprint density at radius 2 is 1.64 bits per heavy atom. The first-order chi connectivity index (χ1) is 34.9. The second-order valence-corrected chi connectivity index (χ2v) is 22.8. The first kappa shape index (κ1) is 52.9. The molecule has 5 aromatic rings. The number of aliphatic hydroxyl groups is 1. The Bertz CT molecular complexity index is 2900. The van der Waals surface area contributed by atoms with Crippen LogP contribution in [0.25, 0.3) is 21.3 Å². The molecule has 3 aliphatic rings. The summed E-state index contributed by atoms with van der Waals surface area (Å²) in [6.45, 7) is 16.0. The Kier molecular flexibility index (Phi) is 16.2. The van der Waals surface area contributed by atoms with Gasteiger partial charge in [-0.3, -0.25) is 24.0 Å². The normalized spacial score (nSPS) is 18.0. The summed E-state index contributed by atoms with van der Waals surface area (Å²) in [5.74, 6) is -0.838. The first-order valence-corrected chi connectivity index (χ1v) is 27.1. The van der Waals surface area contributed by atoms with E-state index in [9.17, 15) is 34.3 Å². The number of benzene rings is 3. The Balaban J connectivity index is 0.731. The van der Waals surface area contributed by atoms with E-state index < -0.39 is 29.0 Å². The number of thiazole rings is 1. The molecule has 386 valence electrons. The predicted octanol–water partition coefficient (Wildman–Crippen LogP) is 8.92. The van der Waals surface area contributed by atoms with Crippen LogP contribution in [-0.4, -0.2) is 93.3 Å². The van der Waals surface area contributed by atoms with E-state index in [2.05, 4.69) is 69.8 Å². The molecule has 5 N–H and O–H groups in total. The van der Waals surface area contributed by atoms with Crippen LogP contribution in [0.15, 0.2) is 60.1 Å². The van der Waals surface area contributed by atoms with E-state index in [0.717, 1.165) is 125 Å². The maximum Gasteiger partial charge on any atom is 0.246 e. The maximum atomic E-state index is 14.1. The van der Waals surface area contributed by atoms with Gasteiger partial charge in [-0.1, -0.05) is 97.6 Å². The highest BCUT2D eigenvalue weighted by molar-refractivity contribution is 7.13. The lowest BCUT2D eigenvalue weighted by Crippen LogP contribution is -2.57. The number of nitrogens with zero attached hydrogens (tertiary/aromatic N) is 4. The number of aromatic amines is 1. The Labute approximate surface area is 433 Å². The van der Waals surface area contributed by atoms with Crippen LogP contribution >= 0.6 is 11.3 Å². The van der Waals surface area contributed by atoms with Gasteiger partial charge in [-0.2, -0.15) is 5.26 Å². The predicted molar refractivity (Wildman–Crippen MR) is 286 cm³/mol. The van der Waals surface area contributed by atoms with Crippen LogP contribution in [0, 0.1) is 23.7 Å². The van der Waals surface area contributed by atoms with Gasteiger partial charge >= 0.3 is 0 Å². The van der Waals surface area contributed by atoms with Crippen molar-refractivity contribution in [3.8, 4) is 16.5 Å². The number of piperidine rings is 1. The highest BCUT2D eigenvalue weighted by Gasteiger charge is 2.45. The SMILES string of the molecule is CCc1cc2c(cc1N1CCC(NC(=O)CCCCCCCCC(=O)N[C@H](C(=O)N3C[C@H](O)C[C@H]3C(=O)NCc3ccc(-c4scnc4C)cc3)C(C)(C)C)CC1)C(C)(C)c1[nH]c3cc(C#N)ccc3c1C2=O. The molecule has 15 heteroatoms. The van der Waals surface area contributed by atoms with Crippen molar-refractivity contribution in [2.24, 2.45) is 5.41 Å². The van der Waals surface area contributed by atoms with Gasteiger partial charge in [0.05, 0.1) is 39.4 Å². The van der Waals surface area contributed by atoms with Crippen LogP contribution in [0.1, 0.15) is 162 Å². The fraction of sp³-hybridized carbons (Fsp3) is 0.500.